The van der Waals surface area contributed by atoms with Crippen LogP contribution in [0.25, 0.3) is 0 Å². The second-order valence-corrected chi connectivity index (χ2v) is 6.83. The predicted octanol–water partition coefficient (Wildman–Crippen LogP) is 3.16. The summed E-state index contributed by atoms with van der Waals surface area (Å²) in [6.07, 6.45) is 4.99. The van der Waals surface area contributed by atoms with Gasteiger partial charge in [0.25, 0.3) is 5.91 Å². The Kier molecular flexibility index (Phi) is 9.33. The van der Waals surface area contributed by atoms with E-state index in [4.69, 9.17) is 4.42 Å². The summed E-state index contributed by atoms with van der Waals surface area (Å²) < 4.78 is 5.08. The van der Waals surface area contributed by atoms with Crippen LogP contribution in [0.5, 0.6) is 0 Å². The Morgan fingerprint density at radius 3 is 2.46 bits per heavy atom. The molecule has 0 saturated carbocycles. The third-order valence-electron chi connectivity index (χ3n) is 4.93. The normalized spacial score (nSPS) is 15.0. The maximum absolute atomic E-state index is 11.8. The lowest BCUT2D eigenvalue weighted by Gasteiger charge is -2.34. The first-order chi connectivity index (χ1) is 13.3. The van der Waals surface area contributed by atoms with E-state index in [9.17, 15) is 4.79 Å². The average Bonchev–Trinajstić information content (AvgIpc) is 3.25. The smallest absolute Gasteiger partial charge is 0.287 e. The van der Waals surface area contributed by atoms with Crippen molar-refractivity contribution in [3.8, 4) is 0 Å². The zero-order chi connectivity index (χ0) is 18.9. The summed E-state index contributed by atoms with van der Waals surface area (Å²) in [5, 5.41) is 6.17. The van der Waals surface area contributed by atoms with Gasteiger partial charge in [-0.25, -0.2) is 0 Å². The molecule has 1 aromatic heterocycles. The van der Waals surface area contributed by atoms with E-state index in [1.54, 1.807) is 19.2 Å². The van der Waals surface area contributed by atoms with Crippen molar-refractivity contribution in [1.29, 1.82) is 0 Å². The molecular formula is C21H29IN4O2. The number of furan rings is 1. The first-order valence-electron chi connectivity index (χ1n) is 9.57. The lowest BCUT2D eigenvalue weighted by molar-refractivity contribution is 0.0926. The highest BCUT2D eigenvalue weighted by atomic mass is 127. The van der Waals surface area contributed by atoms with Gasteiger partial charge in [-0.1, -0.05) is 30.3 Å². The molecule has 1 fully saturated rings. The van der Waals surface area contributed by atoms with Gasteiger partial charge in [0.05, 0.1) is 6.26 Å². The number of piperidine rings is 1. The van der Waals surface area contributed by atoms with E-state index < -0.39 is 0 Å². The van der Waals surface area contributed by atoms with Crippen molar-refractivity contribution < 1.29 is 9.21 Å². The van der Waals surface area contributed by atoms with Crippen molar-refractivity contribution in [2.24, 2.45) is 10.9 Å². The molecule has 2 heterocycles. The van der Waals surface area contributed by atoms with Crippen LogP contribution in [-0.4, -0.2) is 50.0 Å². The van der Waals surface area contributed by atoms with Crippen molar-refractivity contribution in [3.05, 3.63) is 60.1 Å². The Hall–Kier alpha value is -2.03. The maximum atomic E-state index is 11.8. The van der Waals surface area contributed by atoms with Gasteiger partial charge in [0, 0.05) is 33.2 Å². The molecule has 0 aliphatic carbocycles. The average molecular weight is 496 g/mol. The second kappa shape index (κ2) is 11.7. The zero-order valence-corrected chi connectivity index (χ0v) is 18.6. The Bertz CT molecular complexity index is 726. The number of hydrogen-bond acceptors (Lipinski definition) is 3. The highest BCUT2D eigenvalue weighted by Crippen LogP contribution is 2.21. The van der Waals surface area contributed by atoms with Crippen LogP contribution in [0.15, 0.2) is 58.1 Å². The van der Waals surface area contributed by atoms with Gasteiger partial charge in [0.1, 0.15) is 0 Å². The van der Waals surface area contributed by atoms with E-state index in [-0.39, 0.29) is 29.9 Å². The van der Waals surface area contributed by atoms with Gasteiger partial charge in [-0.05, 0) is 42.9 Å². The molecule has 0 bridgehead atoms. The van der Waals surface area contributed by atoms with Crippen LogP contribution in [0.1, 0.15) is 29.0 Å². The fourth-order valence-electron chi connectivity index (χ4n) is 3.47. The molecule has 7 heteroatoms. The zero-order valence-electron chi connectivity index (χ0n) is 16.3. The minimum atomic E-state index is -0.196. The van der Waals surface area contributed by atoms with E-state index in [1.165, 1.54) is 24.7 Å². The Morgan fingerprint density at radius 2 is 1.82 bits per heavy atom. The molecule has 1 aromatic carbocycles. The van der Waals surface area contributed by atoms with Gasteiger partial charge in [-0.2, -0.15) is 0 Å². The Balaban J connectivity index is 0.00000280. The summed E-state index contributed by atoms with van der Waals surface area (Å²) in [5.41, 5.74) is 1.42. The molecule has 0 atom stereocenters. The molecule has 1 amide bonds. The molecule has 2 N–H and O–H groups in total. The fraction of sp³-hybridized carbons (Fsp3) is 0.429. The van der Waals surface area contributed by atoms with Crippen molar-refractivity contribution >= 4 is 35.8 Å². The molecule has 0 unspecified atom stereocenters. The number of nitrogens with one attached hydrogen (secondary N) is 2. The lowest BCUT2D eigenvalue weighted by Crippen LogP contribution is -2.47. The monoisotopic (exact) mass is 496 g/mol. The van der Waals surface area contributed by atoms with Gasteiger partial charge in [-0.15, -0.1) is 24.0 Å². The number of hydrogen-bond donors (Lipinski definition) is 2. The van der Waals surface area contributed by atoms with E-state index in [0.29, 0.717) is 18.8 Å². The molecule has 1 aliphatic heterocycles. The first-order valence-corrected chi connectivity index (χ1v) is 9.57. The number of rotatable bonds is 6. The second-order valence-electron chi connectivity index (χ2n) is 6.83. The van der Waals surface area contributed by atoms with Crippen molar-refractivity contribution in [2.75, 3.05) is 33.2 Å². The van der Waals surface area contributed by atoms with E-state index in [0.717, 1.165) is 31.4 Å². The van der Waals surface area contributed by atoms with Crippen molar-refractivity contribution in [3.63, 3.8) is 0 Å². The number of guanidine groups is 1. The summed E-state index contributed by atoms with van der Waals surface area (Å²) in [6.45, 7) is 3.16. The first kappa shape index (κ1) is 22.3. The third-order valence-corrected chi connectivity index (χ3v) is 4.93. The van der Waals surface area contributed by atoms with Gasteiger partial charge >= 0.3 is 0 Å². The lowest BCUT2D eigenvalue weighted by atomic mass is 9.90. The number of benzene rings is 1. The van der Waals surface area contributed by atoms with Crippen LogP contribution >= 0.6 is 24.0 Å². The summed E-state index contributed by atoms with van der Waals surface area (Å²) in [7, 11) is 1.81. The molecule has 2 aromatic rings. The quantitative estimate of drug-likeness (QED) is 0.279. The molecular weight excluding hydrogens is 467 g/mol. The number of likely N-dealkylation sites (tertiary alicyclic amines) is 1. The molecule has 0 radical (unpaired) electrons. The number of aliphatic imine (C=N–C) groups is 1. The van der Waals surface area contributed by atoms with Crippen LogP contribution < -0.4 is 10.6 Å². The fourth-order valence-corrected chi connectivity index (χ4v) is 3.47. The molecule has 152 valence electrons. The van der Waals surface area contributed by atoms with E-state index >= 15 is 0 Å². The maximum Gasteiger partial charge on any atom is 0.287 e. The van der Waals surface area contributed by atoms with E-state index in [1.807, 2.05) is 0 Å². The van der Waals surface area contributed by atoms with Gasteiger partial charge in [0.2, 0.25) is 0 Å². The number of carbonyl (C=O) groups excluding carboxylic acids is 1. The summed E-state index contributed by atoms with van der Waals surface area (Å²) in [4.78, 5) is 18.5. The molecule has 28 heavy (non-hydrogen) atoms. The van der Waals surface area contributed by atoms with Crippen LogP contribution in [0.3, 0.4) is 0 Å². The van der Waals surface area contributed by atoms with Crippen LogP contribution in [0, 0.1) is 5.92 Å². The minimum Gasteiger partial charge on any atom is -0.459 e. The van der Waals surface area contributed by atoms with Gasteiger partial charge in [0.15, 0.2) is 11.7 Å². The molecule has 0 spiro atoms. The highest BCUT2D eigenvalue weighted by molar-refractivity contribution is 14.0. The van der Waals surface area contributed by atoms with Crippen LogP contribution in [-0.2, 0) is 6.42 Å². The molecule has 1 aliphatic rings. The molecule has 1 saturated heterocycles. The minimum absolute atomic E-state index is 0. The number of halogens is 1. The van der Waals surface area contributed by atoms with E-state index in [2.05, 4.69) is 50.9 Å². The Morgan fingerprint density at radius 1 is 1.11 bits per heavy atom. The standard InChI is InChI=1S/C21H28N4O2.HI/c1-22-21(24-12-11-23-20(26)19-8-5-15-27-19)25-13-9-18(10-14-25)16-17-6-3-2-4-7-17;/h2-8,15,18H,9-14,16H2,1H3,(H,22,24)(H,23,26);1H. The van der Waals surface area contributed by atoms with Crippen molar-refractivity contribution in [1.82, 2.24) is 15.5 Å². The van der Waals surface area contributed by atoms with Gasteiger partial charge in [-0.3, -0.25) is 9.79 Å². The van der Waals surface area contributed by atoms with Crippen molar-refractivity contribution in [2.45, 2.75) is 19.3 Å². The summed E-state index contributed by atoms with van der Waals surface area (Å²) in [5.74, 6) is 1.77. The number of nitrogens with zero attached hydrogens (tertiary/aromatic N) is 2. The summed E-state index contributed by atoms with van der Waals surface area (Å²) in [6, 6.07) is 14.1. The molecule has 3 rings (SSSR count). The van der Waals surface area contributed by atoms with Crippen LogP contribution in [0.4, 0.5) is 0 Å². The predicted molar refractivity (Wildman–Crippen MR) is 122 cm³/mol. The highest BCUT2D eigenvalue weighted by Gasteiger charge is 2.21. The van der Waals surface area contributed by atoms with Gasteiger partial charge < -0.3 is 20.0 Å². The SMILES string of the molecule is CN=C(NCCNC(=O)c1ccco1)N1CCC(Cc2ccccc2)CC1.I. The number of amides is 1. The number of carbonyl (C=O) groups is 1. The molecule has 6 nitrogen and oxygen atoms in total. The Labute approximate surface area is 183 Å². The van der Waals surface area contributed by atoms with Crippen LogP contribution in [0.2, 0.25) is 0 Å². The largest absolute Gasteiger partial charge is 0.459 e. The topological polar surface area (TPSA) is 69.9 Å². The third kappa shape index (κ3) is 6.54. The summed E-state index contributed by atoms with van der Waals surface area (Å²) >= 11 is 0.